The van der Waals surface area contributed by atoms with E-state index in [9.17, 15) is 4.39 Å². The molecule has 1 aromatic heterocycles. The van der Waals surface area contributed by atoms with Gasteiger partial charge in [0.25, 0.3) is 0 Å². The molecule has 0 saturated heterocycles. The number of hydrogen-bond acceptors (Lipinski definition) is 2. The molecule has 0 aliphatic rings. The minimum Gasteiger partial charge on any atom is -0.272 e. The molecule has 1 heterocycles. The molecular formula is C8H4BrClFN3S. The van der Waals surface area contributed by atoms with Crippen LogP contribution in [0.15, 0.2) is 22.9 Å². The van der Waals surface area contributed by atoms with Crippen LogP contribution in [0.1, 0.15) is 0 Å². The smallest absolute Gasteiger partial charge is 0.199 e. The molecule has 0 unspecified atom stereocenters. The fraction of sp³-hybridized carbons (Fsp3) is 0. The van der Waals surface area contributed by atoms with Gasteiger partial charge in [-0.15, -0.1) is 0 Å². The standard InChI is InChI=1S/C8H4BrClFN3S/c9-5-1-4(11)2-6(10)7(5)14-3-12-13-8(14)15/h1-3H,(H,13,15). The van der Waals surface area contributed by atoms with Crippen LogP contribution < -0.4 is 0 Å². The summed E-state index contributed by atoms with van der Waals surface area (Å²) < 4.78 is 15.4. The maximum absolute atomic E-state index is 13.0. The van der Waals surface area contributed by atoms with Crippen LogP contribution in [0.3, 0.4) is 0 Å². The molecule has 78 valence electrons. The fourth-order valence-corrected chi connectivity index (χ4v) is 2.40. The van der Waals surface area contributed by atoms with E-state index in [1.54, 1.807) is 4.57 Å². The van der Waals surface area contributed by atoms with Crippen molar-refractivity contribution in [3.63, 3.8) is 0 Å². The van der Waals surface area contributed by atoms with Crippen molar-refractivity contribution < 1.29 is 4.39 Å². The van der Waals surface area contributed by atoms with E-state index in [-0.39, 0.29) is 5.02 Å². The predicted octanol–water partition coefficient (Wildman–Crippen LogP) is 3.48. The van der Waals surface area contributed by atoms with Crippen LogP contribution in [-0.2, 0) is 0 Å². The van der Waals surface area contributed by atoms with Gasteiger partial charge in [-0.2, -0.15) is 5.10 Å². The molecule has 2 rings (SSSR count). The molecule has 0 amide bonds. The summed E-state index contributed by atoms with van der Waals surface area (Å²) in [6, 6.07) is 2.53. The second kappa shape index (κ2) is 4.03. The van der Waals surface area contributed by atoms with Gasteiger partial charge < -0.3 is 0 Å². The van der Waals surface area contributed by atoms with Crippen molar-refractivity contribution in [2.24, 2.45) is 0 Å². The predicted molar refractivity (Wildman–Crippen MR) is 61.4 cm³/mol. The van der Waals surface area contributed by atoms with E-state index in [4.69, 9.17) is 23.8 Å². The first kappa shape index (κ1) is 10.8. The summed E-state index contributed by atoms with van der Waals surface area (Å²) in [7, 11) is 0. The number of hydrogen-bond donors (Lipinski definition) is 1. The summed E-state index contributed by atoms with van der Waals surface area (Å²) in [5, 5.41) is 6.62. The molecule has 15 heavy (non-hydrogen) atoms. The number of benzene rings is 1. The van der Waals surface area contributed by atoms with Crippen LogP contribution >= 0.6 is 39.7 Å². The van der Waals surface area contributed by atoms with E-state index in [1.807, 2.05) is 0 Å². The van der Waals surface area contributed by atoms with E-state index in [1.165, 1.54) is 18.5 Å². The molecule has 0 radical (unpaired) electrons. The third-order valence-corrected chi connectivity index (χ3v) is 2.96. The lowest BCUT2D eigenvalue weighted by Gasteiger charge is -2.07. The Balaban J connectivity index is 2.74. The van der Waals surface area contributed by atoms with E-state index in [0.29, 0.717) is 14.9 Å². The van der Waals surface area contributed by atoms with Gasteiger partial charge in [0, 0.05) is 4.47 Å². The topological polar surface area (TPSA) is 33.6 Å². The van der Waals surface area contributed by atoms with Crippen molar-refractivity contribution in [1.29, 1.82) is 0 Å². The van der Waals surface area contributed by atoms with Crippen LogP contribution in [0.2, 0.25) is 5.02 Å². The number of aromatic amines is 1. The third-order valence-electron chi connectivity index (χ3n) is 1.77. The lowest BCUT2D eigenvalue weighted by atomic mass is 10.3. The minimum atomic E-state index is -0.411. The molecule has 0 spiro atoms. The van der Waals surface area contributed by atoms with Crippen molar-refractivity contribution >= 4 is 39.7 Å². The third kappa shape index (κ3) is 1.97. The molecule has 0 atom stereocenters. The molecule has 2 aromatic rings. The molecule has 0 aliphatic carbocycles. The Bertz CT molecular complexity index is 542. The Labute approximate surface area is 103 Å². The summed E-state index contributed by atoms with van der Waals surface area (Å²) in [5.41, 5.74) is 0.566. The monoisotopic (exact) mass is 307 g/mol. The second-order valence-corrected chi connectivity index (χ2v) is 4.40. The number of nitrogens with one attached hydrogen (secondary N) is 1. The van der Waals surface area contributed by atoms with E-state index >= 15 is 0 Å². The summed E-state index contributed by atoms with van der Waals surface area (Å²) in [6.45, 7) is 0. The Hall–Kier alpha value is -0.720. The zero-order valence-electron chi connectivity index (χ0n) is 7.17. The quantitative estimate of drug-likeness (QED) is 0.818. The van der Waals surface area contributed by atoms with Gasteiger partial charge in [0.2, 0.25) is 0 Å². The van der Waals surface area contributed by atoms with Crippen LogP contribution in [0, 0.1) is 10.6 Å². The van der Waals surface area contributed by atoms with Gasteiger partial charge in [-0.1, -0.05) is 11.6 Å². The highest BCUT2D eigenvalue weighted by Gasteiger charge is 2.10. The summed E-state index contributed by atoms with van der Waals surface area (Å²) >= 11 is 14.1. The van der Waals surface area contributed by atoms with Gasteiger partial charge in [-0.3, -0.25) is 9.67 Å². The normalized spacial score (nSPS) is 10.6. The lowest BCUT2D eigenvalue weighted by molar-refractivity contribution is 0.626. The van der Waals surface area contributed by atoms with E-state index < -0.39 is 5.82 Å². The van der Waals surface area contributed by atoms with Gasteiger partial charge in [0.15, 0.2) is 4.77 Å². The zero-order valence-corrected chi connectivity index (χ0v) is 10.3. The first-order chi connectivity index (χ1) is 7.09. The SMILES string of the molecule is Fc1cc(Cl)c(-n2cn[nH]c2=S)c(Br)c1. The van der Waals surface area contributed by atoms with Gasteiger partial charge in [0.1, 0.15) is 12.1 Å². The van der Waals surface area contributed by atoms with Crippen molar-refractivity contribution in [3.05, 3.63) is 38.5 Å². The van der Waals surface area contributed by atoms with Crippen LogP contribution in [0.25, 0.3) is 5.69 Å². The molecule has 0 bridgehead atoms. The van der Waals surface area contributed by atoms with Crippen LogP contribution in [0.5, 0.6) is 0 Å². The average Bonchev–Trinajstić information content (AvgIpc) is 2.50. The van der Waals surface area contributed by atoms with Gasteiger partial charge >= 0.3 is 0 Å². The fourth-order valence-electron chi connectivity index (χ4n) is 1.17. The Morgan fingerprint density at radius 1 is 1.53 bits per heavy atom. The Morgan fingerprint density at radius 2 is 2.27 bits per heavy atom. The maximum Gasteiger partial charge on any atom is 0.199 e. The van der Waals surface area contributed by atoms with Gasteiger partial charge in [-0.05, 0) is 40.3 Å². The number of rotatable bonds is 1. The molecule has 3 nitrogen and oxygen atoms in total. The summed E-state index contributed by atoms with van der Waals surface area (Å²) in [4.78, 5) is 0. The Kier molecular flexibility index (Phi) is 2.90. The van der Waals surface area contributed by atoms with Gasteiger partial charge in [-0.25, -0.2) is 4.39 Å². The number of halogens is 3. The van der Waals surface area contributed by atoms with Crippen molar-refractivity contribution in [2.45, 2.75) is 0 Å². The molecule has 1 N–H and O–H groups in total. The highest BCUT2D eigenvalue weighted by Crippen LogP contribution is 2.29. The molecular weight excluding hydrogens is 305 g/mol. The van der Waals surface area contributed by atoms with Gasteiger partial charge in [0.05, 0.1) is 10.7 Å². The largest absolute Gasteiger partial charge is 0.272 e. The highest BCUT2D eigenvalue weighted by atomic mass is 79.9. The summed E-state index contributed by atoms with van der Waals surface area (Å²) in [5.74, 6) is -0.411. The summed E-state index contributed by atoms with van der Waals surface area (Å²) in [6.07, 6.45) is 1.48. The molecule has 1 aromatic carbocycles. The number of nitrogens with zero attached hydrogens (tertiary/aromatic N) is 2. The minimum absolute atomic E-state index is 0.263. The maximum atomic E-state index is 13.0. The lowest BCUT2D eigenvalue weighted by Crippen LogP contribution is -1.96. The first-order valence-electron chi connectivity index (χ1n) is 3.86. The second-order valence-electron chi connectivity index (χ2n) is 2.75. The first-order valence-corrected chi connectivity index (χ1v) is 5.44. The highest BCUT2D eigenvalue weighted by molar-refractivity contribution is 9.10. The van der Waals surface area contributed by atoms with Crippen molar-refractivity contribution in [1.82, 2.24) is 14.8 Å². The molecule has 0 fully saturated rings. The van der Waals surface area contributed by atoms with E-state index in [2.05, 4.69) is 26.1 Å². The molecule has 0 aliphatic heterocycles. The van der Waals surface area contributed by atoms with Crippen LogP contribution in [0.4, 0.5) is 4.39 Å². The zero-order chi connectivity index (χ0) is 11.0. The Morgan fingerprint density at radius 3 is 2.80 bits per heavy atom. The molecule has 0 saturated carbocycles. The van der Waals surface area contributed by atoms with E-state index in [0.717, 1.165) is 0 Å². The van der Waals surface area contributed by atoms with Crippen molar-refractivity contribution in [2.75, 3.05) is 0 Å². The van der Waals surface area contributed by atoms with Crippen molar-refractivity contribution in [3.8, 4) is 5.69 Å². The number of aromatic nitrogens is 3. The molecule has 7 heteroatoms. The van der Waals surface area contributed by atoms with Crippen LogP contribution in [-0.4, -0.2) is 14.8 Å². The average molecular weight is 309 g/mol. The number of H-pyrrole nitrogens is 1.